The molecule has 0 atom stereocenters. The van der Waals surface area contributed by atoms with E-state index in [9.17, 15) is 14.7 Å². The van der Waals surface area contributed by atoms with Crippen molar-refractivity contribution < 1.29 is 19.8 Å². The van der Waals surface area contributed by atoms with Gasteiger partial charge in [-0.25, -0.2) is 0 Å². The van der Waals surface area contributed by atoms with Crippen molar-refractivity contribution in [3.8, 4) is 28.1 Å². The number of amides is 1. The quantitative estimate of drug-likeness (QED) is 0.308. The number of phenols is 1. The summed E-state index contributed by atoms with van der Waals surface area (Å²) in [5.74, 6) is -1.03. The van der Waals surface area contributed by atoms with Crippen molar-refractivity contribution in [2.45, 2.75) is 6.42 Å². The minimum atomic E-state index is -0.917. The topological polar surface area (TPSA) is 99.5 Å². The van der Waals surface area contributed by atoms with E-state index in [-0.39, 0.29) is 18.1 Å². The number of carbonyl (C=O) groups excluding carboxylic acids is 1. The molecule has 4 aromatic rings. The van der Waals surface area contributed by atoms with Gasteiger partial charge in [-0.3, -0.25) is 14.6 Å². The number of para-hydroxylation sites is 1. The number of aliphatic carboxylic acids is 1. The fourth-order valence-electron chi connectivity index (χ4n) is 4.11. The third-order valence-corrected chi connectivity index (χ3v) is 6.07. The van der Waals surface area contributed by atoms with Gasteiger partial charge in [-0.1, -0.05) is 54.1 Å². The van der Waals surface area contributed by atoms with E-state index in [0.29, 0.717) is 44.2 Å². The largest absolute Gasteiger partial charge is 0.507 e. The van der Waals surface area contributed by atoms with Gasteiger partial charge in [0.1, 0.15) is 5.75 Å². The molecule has 0 radical (unpaired) electrons. The molecule has 35 heavy (non-hydrogen) atoms. The molecule has 1 aromatic heterocycles. The highest BCUT2D eigenvalue weighted by Gasteiger charge is 2.26. The molecule has 172 valence electrons. The number of aromatic nitrogens is 1. The first-order valence-electron chi connectivity index (χ1n) is 10.8. The van der Waals surface area contributed by atoms with Gasteiger partial charge in [0.05, 0.1) is 22.8 Å². The van der Waals surface area contributed by atoms with Crippen LogP contribution in [0.3, 0.4) is 0 Å². The number of benzene rings is 3. The molecule has 1 amide bonds. The number of phenolic OH excluding ortho intramolecular Hbond substituents is 1. The Morgan fingerprint density at radius 3 is 2.54 bits per heavy atom. The Bertz CT molecular complexity index is 1510. The second-order valence-corrected chi connectivity index (χ2v) is 8.56. The second kappa shape index (κ2) is 9.08. The average Bonchev–Trinajstić information content (AvgIpc) is 3.12. The summed E-state index contributed by atoms with van der Waals surface area (Å²) in [7, 11) is 0. The number of carbonyl (C=O) groups is 2. The summed E-state index contributed by atoms with van der Waals surface area (Å²) in [5.41, 5.74) is 5.88. The zero-order valence-corrected chi connectivity index (χ0v) is 19.1. The van der Waals surface area contributed by atoms with Crippen molar-refractivity contribution in [3.05, 3.63) is 101 Å². The summed E-state index contributed by atoms with van der Waals surface area (Å²) >= 11 is 6.56. The summed E-state index contributed by atoms with van der Waals surface area (Å²) in [4.78, 5) is 28.3. The van der Waals surface area contributed by atoms with Crippen molar-refractivity contribution in [3.63, 3.8) is 0 Å². The smallest absolute Gasteiger partial charge is 0.307 e. The molecule has 0 aliphatic carbocycles. The van der Waals surface area contributed by atoms with E-state index in [1.807, 2.05) is 30.3 Å². The number of nitrogens with one attached hydrogen (secondary N) is 1. The molecule has 0 bridgehead atoms. The van der Waals surface area contributed by atoms with Crippen LogP contribution in [0.15, 0.2) is 79.0 Å². The van der Waals surface area contributed by atoms with Gasteiger partial charge in [-0.15, -0.1) is 0 Å². The lowest BCUT2D eigenvalue weighted by Gasteiger charge is -2.09. The lowest BCUT2D eigenvalue weighted by Crippen LogP contribution is -2.03. The van der Waals surface area contributed by atoms with Gasteiger partial charge in [0, 0.05) is 34.0 Å². The summed E-state index contributed by atoms with van der Waals surface area (Å²) in [6, 6.07) is 21.3. The summed E-state index contributed by atoms with van der Waals surface area (Å²) in [6.45, 7) is 0. The van der Waals surface area contributed by atoms with Crippen molar-refractivity contribution in [2.24, 2.45) is 0 Å². The van der Waals surface area contributed by atoms with E-state index in [4.69, 9.17) is 16.7 Å². The number of hydrogen-bond acceptors (Lipinski definition) is 4. The number of rotatable bonds is 5. The Morgan fingerprint density at radius 1 is 0.971 bits per heavy atom. The highest BCUT2D eigenvalue weighted by Crippen LogP contribution is 2.40. The third-order valence-electron chi connectivity index (χ3n) is 5.76. The number of halogens is 1. The van der Waals surface area contributed by atoms with Crippen LogP contribution in [0.5, 0.6) is 5.75 Å². The van der Waals surface area contributed by atoms with Gasteiger partial charge in [0.15, 0.2) is 0 Å². The molecule has 3 aromatic carbocycles. The number of carboxylic acids is 1. The molecule has 6 nitrogen and oxygen atoms in total. The highest BCUT2D eigenvalue weighted by molar-refractivity contribution is 6.38. The van der Waals surface area contributed by atoms with E-state index in [2.05, 4.69) is 10.3 Å². The lowest BCUT2D eigenvalue weighted by molar-refractivity contribution is -0.136. The molecule has 1 aliphatic rings. The average molecular weight is 483 g/mol. The monoisotopic (exact) mass is 482 g/mol. The molecule has 7 heteroatoms. The number of nitrogens with zero attached hydrogens (tertiary/aromatic N) is 1. The van der Waals surface area contributed by atoms with Crippen LogP contribution in [-0.4, -0.2) is 27.1 Å². The molecule has 0 unspecified atom stereocenters. The normalized spacial score (nSPS) is 13.5. The van der Waals surface area contributed by atoms with E-state index in [1.165, 1.54) is 0 Å². The van der Waals surface area contributed by atoms with Crippen LogP contribution in [0.4, 0.5) is 5.69 Å². The second-order valence-electron chi connectivity index (χ2n) is 8.15. The fourth-order valence-corrected chi connectivity index (χ4v) is 4.39. The predicted molar refractivity (Wildman–Crippen MR) is 136 cm³/mol. The van der Waals surface area contributed by atoms with E-state index in [1.54, 1.807) is 54.7 Å². The summed E-state index contributed by atoms with van der Waals surface area (Å²) in [6.07, 6.45) is 3.32. The van der Waals surface area contributed by atoms with Crippen molar-refractivity contribution >= 4 is 40.8 Å². The Kier molecular flexibility index (Phi) is 5.81. The van der Waals surface area contributed by atoms with Crippen LogP contribution in [-0.2, 0) is 16.0 Å². The fraction of sp³-hybridized carbons (Fsp3) is 0.0357. The first-order valence-corrected chi connectivity index (χ1v) is 11.2. The van der Waals surface area contributed by atoms with Gasteiger partial charge in [0.2, 0.25) is 0 Å². The zero-order valence-electron chi connectivity index (χ0n) is 18.3. The maximum atomic E-state index is 12.7. The van der Waals surface area contributed by atoms with E-state index < -0.39 is 5.97 Å². The van der Waals surface area contributed by atoms with Crippen molar-refractivity contribution in [1.82, 2.24) is 4.98 Å². The first kappa shape index (κ1) is 22.4. The Labute approximate surface area is 206 Å². The predicted octanol–water partition coefficient (Wildman–Crippen LogP) is 5.89. The van der Waals surface area contributed by atoms with E-state index >= 15 is 0 Å². The Morgan fingerprint density at radius 2 is 1.80 bits per heavy atom. The first-order chi connectivity index (χ1) is 16.9. The van der Waals surface area contributed by atoms with Crippen molar-refractivity contribution in [2.75, 3.05) is 5.32 Å². The molecule has 0 saturated carbocycles. The molecular weight excluding hydrogens is 464 g/mol. The molecule has 1 aliphatic heterocycles. The molecule has 0 spiro atoms. The van der Waals surface area contributed by atoms with Gasteiger partial charge in [0.25, 0.3) is 5.91 Å². The number of hydrogen-bond donors (Lipinski definition) is 3. The van der Waals surface area contributed by atoms with Gasteiger partial charge >= 0.3 is 5.97 Å². The van der Waals surface area contributed by atoms with Crippen LogP contribution in [0.25, 0.3) is 34.0 Å². The minimum Gasteiger partial charge on any atom is -0.507 e. The van der Waals surface area contributed by atoms with Crippen molar-refractivity contribution in [1.29, 1.82) is 0 Å². The molecule has 3 N–H and O–H groups in total. The third kappa shape index (κ3) is 4.52. The molecular formula is C28H19ClN2O4. The number of anilines is 1. The number of pyridine rings is 1. The van der Waals surface area contributed by atoms with E-state index in [0.717, 1.165) is 11.1 Å². The standard InChI is InChI=1S/C28H19ClN2O4/c29-23-14-25-21(22(28(35)31-25)11-16-4-3-5-17(10-16)12-27(33)34)13-20(23)18-8-9-24(30-15-18)19-6-1-2-7-26(19)32/h1-11,13-15,32H,12H2,(H,31,35)(H,33,34)/b22-11-. The minimum absolute atomic E-state index is 0.0939. The van der Waals surface area contributed by atoms with Gasteiger partial charge in [-0.05, 0) is 47.5 Å². The van der Waals surface area contributed by atoms with Crippen LogP contribution in [0.2, 0.25) is 5.02 Å². The molecule has 5 rings (SSSR count). The van der Waals surface area contributed by atoms with Crippen LogP contribution in [0.1, 0.15) is 16.7 Å². The number of aromatic hydroxyl groups is 1. The maximum absolute atomic E-state index is 12.7. The van der Waals surface area contributed by atoms with Crippen LogP contribution in [0, 0.1) is 0 Å². The highest BCUT2D eigenvalue weighted by atomic mass is 35.5. The summed E-state index contributed by atoms with van der Waals surface area (Å²) < 4.78 is 0. The maximum Gasteiger partial charge on any atom is 0.307 e. The van der Waals surface area contributed by atoms with Gasteiger partial charge in [-0.2, -0.15) is 0 Å². The molecule has 0 saturated heterocycles. The Hall–Kier alpha value is -4.42. The number of carboxylic acid groups (broad SMARTS) is 1. The molecule has 0 fully saturated rings. The SMILES string of the molecule is O=C(O)Cc1cccc(/C=C2\C(=O)Nc3cc(Cl)c(-c4ccc(-c5ccccc5O)nc4)cc32)c1. The van der Waals surface area contributed by atoms with Crippen LogP contribution >= 0.6 is 11.6 Å². The Balaban J connectivity index is 1.52. The van der Waals surface area contributed by atoms with Crippen LogP contribution < -0.4 is 5.32 Å². The lowest BCUT2D eigenvalue weighted by atomic mass is 9.98. The van der Waals surface area contributed by atoms with Gasteiger partial charge < -0.3 is 15.5 Å². The zero-order chi connectivity index (χ0) is 24.5. The number of fused-ring (bicyclic) bond motifs is 1. The molecule has 2 heterocycles. The summed E-state index contributed by atoms with van der Waals surface area (Å²) in [5, 5.41) is 22.5.